The Morgan fingerprint density at radius 3 is 2.71 bits per heavy atom. The van der Waals surface area contributed by atoms with E-state index in [1.807, 2.05) is 0 Å². The van der Waals surface area contributed by atoms with E-state index in [2.05, 4.69) is 15.3 Å². The van der Waals surface area contributed by atoms with Crippen molar-refractivity contribution in [3.8, 4) is 0 Å². The monoisotopic (exact) mass is 287 g/mol. The van der Waals surface area contributed by atoms with E-state index in [1.165, 1.54) is 0 Å². The fourth-order valence-electron chi connectivity index (χ4n) is 2.63. The number of hydrogen-bond donors (Lipinski definition) is 3. The molecule has 21 heavy (non-hydrogen) atoms. The molecule has 3 N–H and O–H groups in total. The van der Waals surface area contributed by atoms with Crippen LogP contribution in [-0.2, 0) is 0 Å². The zero-order valence-corrected chi connectivity index (χ0v) is 11.5. The molecule has 6 nitrogen and oxygen atoms in total. The maximum Gasteiger partial charge on any atom is 0.335 e. The third kappa shape index (κ3) is 3.11. The number of aliphatic hydroxyl groups excluding tert-OH is 1. The Morgan fingerprint density at radius 1 is 1.24 bits per heavy atom. The maximum absolute atomic E-state index is 11.0. The first-order chi connectivity index (χ1) is 10.1. The summed E-state index contributed by atoms with van der Waals surface area (Å²) in [5.41, 5.74) is 0.830. The number of nitrogens with zero attached hydrogens (tertiary/aromatic N) is 2. The molecule has 6 heteroatoms. The number of benzene rings is 1. The first-order valence-electron chi connectivity index (χ1n) is 7.06. The van der Waals surface area contributed by atoms with E-state index in [9.17, 15) is 9.90 Å². The predicted octanol–water partition coefficient (Wildman–Crippen LogP) is 2.04. The van der Waals surface area contributed by atoms with Gasteiger partial charge < -0.3 is 15.5 Å². The van der Waals surface area contributed by atoms with Crippen molar-refractivity contribution < 1.29 is 15.0 Å². The minimum Gasteiger partial charge on any atom is -0.478 e. The highest BCUT2D eigenvalue weighted by molar-refractivity contribution is 5.93. The second kappa shape index (κ2) is 5.65. The molecule has 0 spiro atoms. The molecule has 1 aromatic carbocycles. The summed E-state index contributed by atoms with van der Waals surface area (Å²) in [5.74, 6) is -0.460. The van der Waals surface area contributed by atoms with Crippen LogP contribution < -0.4 is 5.32 Å². The molecule has 1 fully saturated rings. The van der Waals surface area contributed by atoms with Crippen molar-refractivity contribution in [1.29, 1.82) is 0 Å². The Labute approximate surface area is 121 Å². The fourth-order valence-corrected chi connectivity index (χ4v) is 2.63. The van der Waals surface area contributed by atoms with Crippen molar-refractivity contribution in [2.45, 2.75) is 37.8 Å². The number of aliphatic hydroxyl groups is 1. The SMILES string of the molecule is O=C(O)c1ccc2cnc(NC3CCC(O)CC3)nc2c1. The number of aromatic carboxylic acids is 1. The lowest BCUT2D eigenvalue weighted by Gasteiger charge is -2.26. The third-order valence-electron chi connectivity index (χ3n) is 3.86. The molecule has 0 radical (unpaired) electrons. The van der Waals surface area contributed by atoms with Crippen molar-refractivity contribution in [1.82, 2.24) is 9.97 Å². The molecular weight excluding hydrogens is 270 g/mol. The van der Waals surface area contributed by atoms with Crippen molar-refractivity contribution >= 4 is 22.8 Å². The molecule has 0 amide bonds. The van der Waals surface area contributed by atoms with E-state index in [0.29, 0.717) is 11.5 Å². The number of carboxylic acid groups (broad SMARTS) is 1. The van der Waals surface area contributed by atoms with Crippen LogP contribution in [0.2, 0.25) is 0 Å². The van der Waals surface area contributed by atoms with Crippen LogP contribution in [0.5, 0.6) is 0 Å². The Bertz CT molecular complexity index is 666. The number of hydrogen-bond acceptors (Lipinski definition) is 5. The third-order valence-corrected chi connectivity index (χ3v) is 3.86. The van der Waals surface area contributed by atoms with Gasteiger partial charge in [-0.3, -0.25) is 0 Å². The van der Waals surface area contributed by atoms with E-state index in [4.69, 9.17) is 5.11 Å². The van der Waals surface area contributed by atoms with E-state index < -0.39 is 5.97 Å². The molecule has 2 aromatic rings. The zero-order valence-electron chi connectivity index (χ0n) is 11.5. The van der Waals surface area contributed by atoms with Crippen molar-refractivity contribution in [3.63, 3.8) is 0 Å². The standard InChI is InChI=1S/C15H17N3O3/c19-12-5-3-11(4-6-12)17-15-16-8-10-2-1-9(14(20)21)7-13(10)18-15/h1-2,7-8,11-12,19H,3-6H2,(H,20,21)(H,16,17,18). The summed E-state index contributed by atoms with van der Waals surface area (Å²) < 4.78 is 0. The van der Waals surface area contributed by atoms with Crippen LogP contribution in [0.15, 0.2) is 24.4 Å². The molecule has 0 bridgehead atoms. The Balaban J connectivity index is 1.81. The highest BCUT2D eigenvalue weighted by Gasteiger charge is 2.19. The summed E-state index contributed by atoms with van der Waals surface area (Å²) in [7, 11) is 0. The van der Waals surface area contributed by atoms with Crippen LogP contribution in [-0.4, -0.2) is 38.3 Å². The van der Waals surface area contributed by atoms with E-state index >= 15 is 0 Å². The van der Waals surface area contributed by atoms with Gasteiger partial charge in [-0.05, 0) is 37.8 Å². The van der Waals surface area contributed by atoms with Gasteiger partial charge >= 0.3 is 5.97 Å². The number of fused-ring (bicyclic) bond motifs is 1. The zero-order chi connectivity index (χ0) is 14.8. The lowest BCUT2D eigenvalue weighted by molar-refractivity contribution is 0.0697. The summed E-state index contributed by atoms with van der Waals surface area (Å²) >= 11 is 0. The van der Waals surface area contributed by atoms with Crippen LogP contribution in [0, 0.1) is 0 Å². The number of aromatic nitrogens is 2. The largest absolute Gasteiger partial charge is 0.478 e. The minimum atomic E-state index is -0.966. The minimum absolute atomic E-state index is 0.196. The Morgan fingerprint density at radius 2 is 2.00 bits per heavy atom. The second-order valence-electron chi connectivity index (χ2n) is 5.42. The van der Waals surface area contributed by atoms with Gasteiger partial charge in [0.15, 0.2) is 0 Å². The molecule has 1 aliphatic rings. The topological polar surface area (TPSA) is 95.3 Å². The van der Waals surface area contributed by atoms with Crippen LogP contribution >= 0.6 is 0 Å². The van der Waals surface area contributed by atoms with Gasteiger partial charge in [-0.15, -0.1) is 0 Å². The van der Waals surface area contributed by atoms with Gasteiger partial charge in [0.2, 0.25) is 5.95 Å². The fraction of sp³-hybridized carbons (Fsp3) is 0.400. The molecule has 0 unspecified atom stereocenters. The first kappa shape index (κ1) is 13.8. The summed E-state index contributed by atoms with van der Waals surface area (Å²) in [6.07, 6.45) is 4.84. The Hall–Kier alpha value is -2.21. The van der Waals surface area contributed by atoms with Crippen molar-refractivity contribution in [2.24, 2.45) is 0 Å². The molecule has 1 aliphatic carbocycles. The quantitative estimate of drug-likeness (QED) is 0.799. The molecule has 0 saturated heterocycles. The Kier molecular flexibility index (Phi) is 3.70. The van der Waals surface area contributed by atoms with Gasteiger partial charge in [-0.1, -0.05) is 6.07 Å². The smallest absolute Gasteiger partial charge is 0.335 e. The van der Waals surface area contributed by atoms with Gasteiger partial charge in [0.25, 0.3) is 0 Å². The number of carbonyl (C=O) groups is 1. The van der Waals surface area contributed by atoms with Gasteiger partial charge in [-0.2, -0.15) is 0 Å². The average molecular weight is 287 g/mol. The lowest BCUT2D eigenvalue weighted by atomic mass is 9.93. The van der Waals surface area contributed by atoms with Crippen LogP contribution in [0.3, 0.4) is 0 Å². The van der Waals surface area contributed by atoms with Crippen molar-refractivity contribution in [2.75, 3.05) is 5.32 Å². The van der Waals surface area contributed by atoms with Gasteiger partial charge in [0.05, 0.1) is 17.2 Å². The molecular formula is C15H17N3O3. The molecule has 1 aromatic heterocycles. The molecule has 1 saturated carbocycles. The van der Waals surface area contributed by atoms with E-state index in [0.717, 1.165) is 31.1 Å². The summed E-state index contributed by atoms with van der Waals surface area (Å²) in [4.78, 5) is 19.6. The molecule has 110 valence electrons. The van der Waals surface area contributed by atoms with E-state index in [-0.39, 0.29) is 17.7 Å². The number of anilines is 1. The van der Waals surface area contributed by atoms with Gasteiger partial charge in [0.1, 0.15) is 0 Å². The van der Waals surface area contributed by atoms with Gasteiger partial charge in [0, 0.05) is 17.6 Å². The maximum atomic E-state index is 11.0. The summed E-state index contributed by atoms with van der Waals surface area (Å²) in [6, 6.07) is 5.06. The molecule has 3 rings (SSSR count). The molecule has 0 aliphatic heterocycles. The first-order valence-corrected chi connectivity index (χ1v) is 7.06. The highest BCUT2D eigenvalue weighted by atomic mass is 16.4. The average Bonchev–Trinajstić information content (AvgIpc) is 2.49. The normalized spacial score (nSPS) is 22.1. The number of carboxylic acids is 1. The van der Waals surface area contributed by atoms with Crippen LogP contribution in [0.25, 0.3) is 10.9 Å². The van der Waals surface area contributed by atoms with E-state index in [1.54, 1.807) is 24.4 Å². The second-order valence-corrected chi connectivity index (χ2v) is 5.42. The highest BCUT2D eigenvalue weighted by Crippen LogP contribution is 2.22. The lowest BCUT2D eigenvalue weighted by Crippen LogP contribution is -2.28. The molecule has 1 heterocycles. The summed E-state index contributed by atoms with van der Waals surface area (Å²) in [5, 5.41) is 22.6. The summed E-state index contributed by atoms with van der Waals surface area (Å²) in [6.45, 7) is 0. The number of nitrogens with one attached hydrogen (secondary N) is 1. The van der Waals surface area contributed by atoms with Crippen LogP contribution in [0.1, 0.15) is 36.0 Å². The predicted molar refractivity (Wildman–Crippen MR) is 78.4 cm³/mol. The van der Waals surface area contributed by atoms with Crippen LogP contribution in [0.4, 0.5) is 5.95 Å². The van der Waals surface area contributed by atoms with Crippen molar-refractivity contribution in [3.05, 3.63) is 30.0 Å². The van der Waals surface area contributed by atoms with Gasteiger partial charge in [-0.25, -0.2) is 14.8 Å². The molecule has 0 atom stereocenters. The number of rotatable bonds is 3.